The lowest BCUT2D eigenvalue weighted by Crippen LogP contribution is -2.38. The fourth-order valence-corrected chi connectivity index (χ4v) is 4.90. The van der Waals surface area contributed by atoms with E-state index in [-0.39, 0.29) is 22.9 Å². The molecule has 1 heterocycles. The fraction of sp³-hybridized carbons (Fsp3) is 0.381. The van der Waals surface area contributed by atoms with Gasteiger partial charge >= 0.3 is 0 Å². The Bertz CT molecular complexity index is 987. The van der Waals surface area contributed by atoms with Gasteiger partial charge in [0.2, 0.25) is 10.0 Å². The van der Waals surface area contributed by atoms with Crippen molar-refractivity contribution in [3.05, 3.63) is 59.4 Å². The number of halogens is 1. The normalized spacial score (nSPS) is 15.5. The van der Waals surface area contributed by atoms with Gasteiger partial charge in [-0.1, -0.05) is 25.1 Å². The van der Waals surface area contributed by atoms with E-state index in [1.807, 2.05) is 6.26 Å². The molecule has 1 fully saturated rings. The Balaban J connectivity index is 1.83. The van der Waals surface area contributed by atoms with Gasteiger partial charge < -0.3 is 4.90 Å². The minimum Gasteiger partial charge on any atom is -0.339 e. The first kappa shape index (κ1) is 21.8. The summed E-state index contributed by atoms with van der Waals surface area (Å²) < 4.78 is 41.7. The van der Waals surface area contributed by atoms with Gasteiger partial charge in [0, 0.05) is 30.1 Å². The third kappa shape index (κ3) is 5.18. The molecule has 1 N–H and O–H groups in total. The van der Waals surface area contributed by atoms with E-state index < -0.39 is 15.8 Å². The molecule has 0 saturated carbocycles. The maximum atomic E-state index is 13.8. The molecule has 0 aromatic heterocycles. The highest BCUT2D eigenvalue weighted by atomic mass is 32.2. The molecule has 1 aliphatic rings. The van der Waals surface area contributed by atoms with E-state index in [2.05, 4.69) is 11.6 Å². The summed E-state index contributed by atoms with van der Waals surface area (Å²) in [6.45, 7) is 3.36. The zero-order valence-corrected chi connectivity index (χ0v) is 18.2. The number of nitrogens with one attached hydrogen (secondary N) is 1. The summed E-state index contributed by atoms with van der Waals surface area (Å²) in [4.78, 5) is 15.6. The van der Waals surface area contributed by atoms with E-state index in [0.717, 1.165) is 17.7 Å². The minimum absolute atomic E-state index is 0.000340. The number of carbonyl (C=O) groups is 1. The van der Waals surface area contributed by atoms with Crippen LogP contribution in [0.2, 0.25) is 0 Å². The SMILES string of the molecule is CSc1ccc(S(=O)(=O)NCc2ccccc2F)cc1C(=O)N1CCC(C)CC1. The highest BCUT2D eigenvalue weighted by Gasteiger charge is 2.25. The molecule has 1 amide bonds. The molecule has 3 rings (SSSR count). The number of thioether (sulfide) groups is 1. The van der Waals surface area contributed by atoms with Crippen molar-refractivity contribution in [3.8, 4) is 0 Å². The monoisotopic (exact) mass is 436 g/mol. The number of nitrogens with zero attached hydrogens (tertiary/aromatic N) is 1. The topological polar surface area (TPSA) is 66.5 Å². The number of carbonyl (C=O) groups excluding carboxylic acids is 1. The molecule has 8 heteroatoms. The molecule has 5 nitrogen and oxygen atoms in total. The molecule has 2 aromatic carbocycles. The number of rotatable bonds is 6. The summed E-state index contributed by atoms with van der Waals surface area (Å²) in [7, 11) is -3.89. The first-order chi connectivity index (χ1) is 13.8. The van der Waals surface area contributed by atoms with Crippen LogP contribution in [0.5, 0.6) is 0 Å². The van der Waals surface area contributed by atoms with E-state index in [0.29, 0.717) is 24.6 Å². The van der Waals surface area contributed by atoms with Crippen molar-refractivity contribution < 1.29 is 17.6 Å². The van der Waals surface area contributed by atoms with E-state index in [9.17, 15) is 17.6 Å². The summed E-state index contributed by atoms with van der Waals surface area (Å²) in [6, 6.07) is 10.6. The van der Waals surface area contributed by atoms with Crippen molar-refractivity contribution in [2.24, 2.45) is 5.92 Å². The Morgan fingerprint density at radius 3 is 2.55 bits per heavy atom. The van der Waals surface area contributed by atoms with Gasteiger partial charge in [-0.2, -0.15) is 0 Å². The van der Waals surface area contributed by atoms with Crippen LogP contribution in [0.15, 0.2) is 52.3 Å². The fourth-order valence-electron chi connectivity index (χ4n) is 3.30. The second-order valence-corrected chi connectivity index (χ2v) is 9.87. The second-order valence-electron chi connectivity index (χ2n) is 7.25. The van der Waals surface area contributed by atoms with Crippen LogP contribution in [-0.2, 0) is 16.6 Å². The van der Waals surface area contributed by atoms with E-state index >= 15 is 0 Å². The van der Waals surface area contributed by atoms with Crippen LogP contribution in [0.1, 0.15) is 35.7 Å². The summed E-state index contributed by atoms with van der Waals surface area (Å²) in [5.41, 5.74) is 0.649. The number of hydrogen-bond donors (Lipinski definition) is 1. The van der Waals surface area contributed by atoms with Crippen LogP contribution in [0.25, 0.3) is 0 Å². The van der Waals surface area contributed by atoms with E-state index in [1.54, 1.807) is 23.1 Å². The van der Waals surface area contributed by atoms with Gasteiger partial charge in [-0.05, 0) is 49.3 Å². The van der Waals surface area contributed by atoms with Gasteiger partial charge in [-0.3, -0.25) is 4.79 Å². The number of likely N-dealkylation sites (tertiary alicyclic amines) is 1. The first-order valence-corrected chi connectivity index (χ1v) is 12.2. The van der Waals surface area contributed by atoms with Gasteiger partial charge in [0.15, 0.2) is 0 Å². The Kier molecular flexibility index (Phi) is 6.97. The molecule has 0 aliphatic carbocycles. The molecular formula is C21H25FN2O3S2. The molecule has 29 heavy (non-hydrogen) atoms. The van der Waals surface area contributed by atoms with Gasteiger partial charge in [-0.15, -0.1) is 11.8 Å². The van der Waals surface area contributed by atoms with Gasteiger partial charge in [-0.25, -0.2) is 17.5 Å². The zero-order chi connectivity index (χ0) is 21.0. The number of hydrogen-bond acceptors (Lipinski definition) is 4. The summed E-state index contributed by atoms with van der Waals surface area (Å²) in [5.74, 6) is -0.0242. The smallest absolute Gasteiger partial charge is 0.255 e. The standard InChI is InChI=1S/C21H25FN2O3S2/c1-15-9-11-24(12-10-15)21(25)18-13-17(7-8-20(18)28-2)29(26,27)23-14-16-5-3-4-6-19(16)22/h3-8,13,15,23H,9-12,14H2,1-2H3. The van der Waals surface area contributed by atoms with E-state index in [1.165, 1.54) is 36.0 Å². The molecule has 0 unspecified atom stereocenters. The van der Waals surface area contributed by atoms with Gasteiger partial charge in [0.05, 0.1) is 10.5 Å². The minimum atomic E-state index is -3.89. The Morgan fingerprint density at radius 1 is 1.21 bits per heavy atom. The average Bonchev–Trinajstić information content (AvgIpc) is 2.72. The number of benzene rings is 2. The summed E-state index contributed by atoms with van der Waals surface area (Å²) >= 11 is 1.41. The van der Waals surface area contributed by atoms with Gasteiger partial charge in [0.1, 0.15) is 5.82 Å². The highest BCUT2D eigenvalue weighted by Crippen LogP contribution is 2.27. The lowest BCUT2D eigenvalue weighted by atomic mass is 9.98. The number of amides is 1. The van der Waals surface area contributed by atoms with Crippen LogP contribution in [0, 0.1) is 11.7 Å². The molecule has 1 aliphatic heterocycles. The van der Waals surface area contributed by atoms with Crippen LogP contribution >= 0.6 is 11.8 Å². The lowest BCUT2D eigenvalue weighted by Gasteiger charge is -2.30. The Morgan fingerprint density at radius 2 is 1.90 bits per heavy atom. The molecule has 0 bridgehead atoms. The van der Waals surface area contributed by atoms with Crippen molar-refractivity contribution in [1.29, 1.82) is 0 Å². The van der Waals surface area contributed by atoms with Crippen LogP contribution in [0.4, 0.5) is 4.39 Å². The highest BCUT2D eigenvalue weighted by molar-refractivity contribution is 7.98. The summed E-state index contributed by atoms with van der Waals surface area (Å²) in [5, 5.41) is 0. The molecule has 2 aromatic rings. The van der Waals surface area contributed by atoms with Crippen molar-refractivity contribution >= 4 is 27.7 Å². The van der Waals surface area contributed by atoms with Crippen molar-refractivity contribution in [1.82, 2.24) is 9.62 Å². The van der Waals surface area contributed by atoms with Crippen LogP contribution in [-0.4, -0.2) is 38.6 Å². The van der Waals surface area contributed by atoms with Crippen molar-refractivity contribution in [2.75, 3.05) is 19.3 Å². The largest absolute Gasteiger partial charge is 0.339 e. The maximum absolute atomic E-state index is 13.8. The summed E-state index contributed by atoms with van der Waals surface area (Å²) in [6.07, 6.45) is 3.75. The zero-order valence-electron chi connectivity index (χ0n) is 16.5. The average molecular weight is 437 g/mol. The van der Waals surface area contributed by atoms with Crippen LogP contribution in [0.3, 0.4) is 0 Å². The predicted molar refractivity (Wildman–Crippen MR) is 113 cm³/mol. The van der Waals surface area contributed by atoms with Crippen molar-refractivity contribution in [3.63, 3.8) is 0 Å². The van der Waals surface area contributed by atoms with Crippen molar-refractivity contribution in [2.45, 2.75) is 36.1 Å². The molecule has 1 saturated heterocycles. The molecular weight excluding hydrogens is 411 g/mol. The molecule has 156 valence electrons. The second kappa shape index (κ2) is 9.28. The van der Waals surface area contributed by atoms with Crippen LogP contribution < -0.4 is 4.72 Å². The maximum Gasteiger partial charge on any atom is 0.255 e. The third-order valence-corrected chi connectivity index (χ3v) is 7.39. The first-order valence-electron chi connectivity index (χ1n) is 9.52. The molecule has 0 spiro atoms. The van der Waals surface area contributed by atoms with Gasteiger partial charge in [0.25, 0.3) is 5.91 Å². The third-order valence-electron chi connectivity index (χ3n) is 5.19. The predicted octanol–water partition coefficient (Wildman–Crippen LogP) is 3.90. The lowest BCUT2D eigenvalue weighted by molar-refractivity contribution is 0.0693. The molecule has 0 atom stereocenters. The quantitative estimate of drug-likeness (QED) is 0.698. The Hall–Kier alpha value is -1.90. The number of sulfonamides is 1. The Labute approximate surface area is 175 Å². The number of piperidine rings is 1. The molecule has 0 radical (unpaired) electrons. The van der Waals surface area contributed by atoms with E-state index in [4.69, 9.17) is 0 Å².